The first-order chi connectivity index (χ1) is 5.18. The van der Waals surface area contributed by atoms with E-state index in [9.17, 15) is 10.0 Å². The summed E-state index contributed by atoms with van der Waals surface area (Å²) in [6.45, 7) is 1.50. The van der Waals surface area contributed by atoms with Gasteiger partial charge in [-0.3, -0.25) is 4.79 Å². The van der Waals surface area contributed by atoms with Gasteiger partial charge in [-0.1, -0.05) is 0 Å². The van der Waals surface area contributed by atoms with Gasteiger partial charge in [-0.25, -0.2) is 0 Å². The molecule has 58 valence electrons. The van der Waals surface area contributed by atoms with Gasteiger partial charge in [-0.15, -0.1) is 0 Å². The van der Waals surface area contributed by atoms with Crippen molar-refractivity contribution in [2.24, 2.45) is 0 Å². The van der Waals surface area contributed by atoms with Gasteiger partial charge in [0, 0.05) is 18.1 Å². The molecule has 11 heavy (non-hydrogen) atoms. The van der Waals surface area contributed by atoms with Crippen LogP contribution >= 0.6 is 0 Å². The number of aromatic nitrogens is 1. The van der Waals surface area contributed by atoms with Crippen molar-refractivity contribution in [1.29, 1.82) is 0 Å². The lowest BCUT2D eigenvalue weighted by Crippen LogP contribution is -2.25. The maximum Gasteiger partial charge on any atom is 0.183 e. The zero-order chi connectivity index (χ0) is 8.27. The third kappa shape index (κ3) is 2.37. The fourth-order valence-electron chi connectivity index (χ4n) is 0.893. The van der Waals surface area contributed by atoms with Gasteiger partial charge in [0.1, 0.15) is 5.78 Å². The number of pyridine rings is 1. The van der Waals surface area contributed by atoms with Gasteiger partial charge in [0.05, 0.1) is 0 Å². The summed E-state index contributed by atoms with van der Waals surface area (Å²) in [5, 5.41) is 10.7. The van der Waals surface area contributed by atoms with Crippen molar-refractivity contribution < 1.29 is 9.52 Å². The third-order valence-electron chi connectivity index (χ3n) is 1.29. The van der Waals surface area contributed by atoms with E-state index in [4.69, 9.17) is 0 Å². The minimum atomic E-state index is 0.0659. The first-order valence-electron chi connectivity index (χ1n) is 3.35. The van der Waals surface area contributed by atoms with Crippen LogP contribution in [-0.4, -0.2) is 5.78 Å². The molecule has 0 aromatic carbocycles. The number of hydrogen-bond acceptors (Lipinski definition) is 2. The second kappa shape index (κ2) is 3.14. The molecule has 3 heteroatoms. The van der Waals surface area contributed by atoms with E-state index in [0.717, 1.165) is 5.56 Å². The highest BCUT2D eigenvalue weighted by Gasteiger charge is 1.99. The Balaban J connectivity index is 2.79. The van der Waals surface area contributed by atoms with Crippen molar-refractivity contribution in [1.82, 2.24) is 0 Å². The Kier molecular flexibility index (Phi) is 2.21. The van der Waals surface area contributed by atoms with Crippen molar-refractivity contribution in [2.45, 2.75) is 13.3 Å². The number of carbonyl (C=O) groups excluding carboxylic acids is 1. The maximum atomic E-state index is 10.7. The quantitative estimate of drug-likeness (QED) is 0.455. The van der Waals surface area contributed by atoms with E-state index in [0.29, 0.717) is 11.2 Å². The molecule has 1 heterocycles. The van der Waals surface area contributed by atoms with Crippen molar-refractivity contribution in [3.63, 3.8) is 0 Å². The van der Waals surface area contributed by atoms with Crippen LogP contribution in [0.4, 0.5) is 0 Å². The molecular weight excluding hydrogens is 142 g/mol. The molecule has 1 aromatic heterocycles. The van der Waals surface area contributed by atoms with Crippen LogP contribution in [0.5, 0.6) is 0 Å². The minimum Gasteiger partial charge on any atom is -0.619 e. The lowest BCUT2D eigenvalue weighted by molar-refractivity contribution is -0.605. The first-order valence-corrected chi connectivity index (χ1v) is 3.35. The second-order valence-corrected chi connectivity index (χ2v) is 2.45. The van der Waals surface area contributed by atoms with E-state index in [2.05, 4.69) is 0 Å². The number of Topliss-reactive ketones (excluding diaryl/α,β-unsaturated/α-hetero) is 1. The Labute approximate surface area is 64.9 Å². The Morgan fingerprint density at radius 2 is 2.45 bits per heavy atom. The normalized spacial score (nSPS) is 9.55. The standard InChI is InChI=1S/C8H9NO2/c1-7(10)5-8-3-2-4-9(11)6-8/h2-4,6H,5H2,1H3. The van der Waals surface area contributed by atoms with Gasteiger partial charge in [0.25, 0.3) is 0 Å². The number of rotatable bonds is 2. The monoisotopic (exact) mass is 151 g/mol. The summed E-state index contributed by atoms with van der Waals surface area (Å²) in [5.41, 5.74) is 0.759. The average molecular weight is 151 g/mol. The fourth-order valence-corrected chi connectivity index (χ4v) is 0.893. The summed E-state index contributed by atoms with van der Waals surface area (Å²) in [4.78, 5) is 10.6. The lowest BCUT2D eigenvalue weighted by atomic mass is 10.2. The second-order valence-electron chi connectivity index (χ2n) is 2.45. The smallest absolute Gasteiger partial charge is 0.183 e. The van der Waals surface area contributed by atoms with E-state index < -0.39 is 0 Å². The summed E-state index contributed by atoms with van der Waals surface area (Å²) >= 11 is 0. The highest BCUT2D eigenvalue weighted by Crippen LogP contribution is 1.95. The lowest BCUT2D eigenvalue weighted by Gasteiger charge is -1.97. The summed E-state index contributed by atoms with van der Waals surface area (Å²) < 4.78 is 0.693. The molecule has 0 bridgehead atoms. The predicted molar refractivity (Wildman–Crippen MR) is 39.8 cm³/mol. The number of nitrogens with zero attached hydrogens (tertiary/aromatic N) is 1. The summed E-state index contributed by atoms with van der Waals surface area (Å²) in [5.74, 6) is 0.0659. The van der Waals surface area contributed by atoms with Crippen LogP contribution in [0.1, 0.15) is 12.5 Å². The highest BCUT2D eigenvalue weighted by atomic mass is 16.5. The molecule has 0 saturated heterocycles. The van der Waals surface area contributed by atoms with Crippen LogP contribution in [0.15, 0.2) is 24.5 Å². The molecule has 0 aliphatic rings. The zero-order valence-electron chi connectivity index (χ0n) is 6.28. The van der Waals surface area contributed by atoms with Crippen LogP contribution in [0.25, 0.3) is 0 Å². The molecule has 0 fully saturated rings. The fraction of sp³-hybridized carbons (Fsp3) is 0.250. The van der Waals surface area contributed by atoms with Crippen LogP contribution in [-0.2, 0) is 11.2 Å². The molecule has 0 unspecified atom stereocenters. The topological polar surface area (TPSA) is 44.0 Å². The Hall–Kier alpha value is -1.38. The van der Waals surface area contributed by atoms with E-state index in [1.54, 1.807) is 12.1 Å². The van der Waals surface area contributed by atoms with Crippen LogP contribution < -0.4 is 4.73 Å². The van der Waals surface area contributed by atoms with Gasteiger partial charge < -0.3 is 5.21 Å². The van der Waals surface area contributed by atoms with E-state index in [1.165, 1.54) is 19.3 Å². The first kappa shape index (κ1) is 7.72. The molecule has 0 N–H and O–H groups in total. The summed E-state index contributed by atoms with van der Waals surface area (Å²) in [6, 6.07) is 3.39. The largest absolute Gasteiger partial charge is 0.619 e. The SMILES string of the molecule is CC(=O)Cc1ccc[n+]([O-])c1. The van der Waals surface area contributed by atoms with Crippen molar-refractivity contribution >= 4 is 5.78 Å². The summed E-state index contributed by atoms with van der Waals surface area (Å²) in [7, 11) is 0. The van der Waals surface area contributed by atoms with Gasteiger partial charge in [-0.2, -0.15) is 4.73 Å². The van der Waals surface area contributed by atoms with Crippen molar-refractivity contribution in [3.8, 4) is 0 Å². The Morgan fingerprint density at radius 1 is 1.73 bits per heavy atom. The summed E-state index contributed by atoms with van der Waals surface area (Å²) in [6.07, 6.45) is 3.13. The van der Waals surface area contributed by atoms with E-state index >= 15 is 0 Å². The molecule has 1 aromatic rings. The Morgan fingerprint density at radius 3 is 3.00 bits per heavy atom. The van der Waals surface area contributed by atoms with Crippen molar-refractivity contribution in [3.05, 3.63) is 35.3 Å². The molecule has 1 rings (SSSR count). The number of hydrogen-bond donors (Lipinski definition) is 0. The molecule has 0 saturated carbocycles. The predicted octanol–water partition coefficient (Wildman–Crippen LogP) is 0.452. The van der Waals surface area contributed by atoms with Gasteiger partial charge in [0.2, 0.25) is 0 Å². The molecule has 0 aliphatic heterocycles. The van der Waals surface area contributed by atoms with Gasteiger partial charge >= 0.3 is 0 Å². The molecule has 0 spiro atoms. The van der Waals surface area contributed by atoms with Crippen LogP contribution in [0.3, 0.4) is 0 Å². The third-order valence-corrected chi connectivity index (χ3v) is 1.29. The van der Waals surface area contributed by atoms with Crippen LogP contribution in [0, 0.1) is 5.21 Å². The molecule has 3 nitrogen and oxygen atoms in total. The maximum absolute atomic E-state index is 10.7. The van der Waals surface area contributed by atoms with Crippen molar-refractivity contribution in [2.75, 3.05) is 0 Å². The minimum absolute atomic E-state index is 0.0659. The van der Waals surface area contributed by atoms with Gasteiger partial charge in [-0.05, 0) is 13.0 Å². The molecular formula is C8H9NO2. The van der Waals surface area contributed by atoms with Crippen LogP contribution in [0.2, 0.25) is 0 Å². The average Bonchev–Trinajstić information content (AvgIpc) is 1.85. The molecule has 0 atom stereocenters. The van der Waals surface area contributed by atoms with E-state index in [-0.39, 0.29) is 5.78 Å². The zero-order valence-corrected chi connectivity index (χ0v) is 6.28. The van der Waals surface area contributed by atoms with Gasteiger partial charge in [0.15, 0.2) is 12.4 Å². The molecule has 0 amide bonds. The molecule has 0 radical (unpaired) electrons. The highest BCUT2D eigenvalue weighted by molar-refractivity contribution is 5.77. The number of carbonyl (C=O) groups is 1. The van der Waals surface area contributed by atoms with E-state index in [1.807, 2.05) is 0 Å². The molecule has 0 aliphatic carbocycles. The number of ketones is 1. The Bertz CT molecular complexity index is 271.